The van der Waals surface area contributed by atoms with E-state index in [-0.39, 0.29) is 0 Å². The molecule has 1 aliphatic heterocycles. The average Bonchev–Trinajstić information content (AvgIpc) is 2.48. The monoisotopic (exact) mass is 284 g/mol. The number of aromatic nitrogens is 1. The van der Waals surface area contributed by atoms with Crippen molar-refractivity contribution in [2.45, 2.75) is 30.7 Å². The fourth-order valence-corrected chi connectivity index (χ4v) is 1.75. The van der Waals surface area contributed by atoms with Crippen LogP contribution in [0.15, 0.2) is 29.6 Å². The Morgan fingerprint density at radius 2 is 2.05 bits per heavy atom. The van der Waals surface area contributed by atoms with Crippen molar-refractivity contribution in [2.24, 2.45) is 5.16 Å². The lowest BCUT2D eigenvalue weighted by molar-refractivity contribution is -0.301. The Hall–Kier alpha value is -1.58. The summed E-state index contributed by atoms with van der Waals surface area (Å²) in [6.07, 6.45) is -3.82. The standard InChI is InChI=1S/C12H16N2O6/c15-6-8-9(16)10(17)11(18)12(19-8)20-14-5-7-3-1-2-4-13-7/h1-5,8-12,15-18H,6H2/b14-5+/t8-,9-,10+,11-,12+/m1/s1. The summed E-state index contributed by atoms with van der Waals surface area (Å²) in [5.74, 6) is 0. The highest BCUT2D eigenvalue weighted by molar-refractivity contribution is 5.76. The van der Waals surface area contributed by atoms with E-state index in [1.165, 1.54) is 6.21 Å². The van der Waals surface area contributed by atoms with E-state index in [4.69, 9.17) is 14.7 Å². The Morgan fingerprint density at radius 1 is 1.25 bits per heavy atom. The second kappa shape index (κ2) is 6.73. The molecule has 0 saturated carbocycles. The number of nitrogens with zero attached hydrogens (tertiary/aromatic N) is 2. The lowest BCUT2D eigenvalue weighted by Gasteiger charge is -2.38. The largest absolute Gasteiger partial charge is 0.394 e. The number of pyridine rings is 1. The van der Waals surface area contributed by atoms with Gasteiger partial charge in [-0.3, -0.25) is 4.98 Å². The van der Waals surface area contributed by atoms with Gasteiger partial charge in [-0.15, -0.1) is 0 Å². The molecule has 5 atom stereocenters. The third-order valence-corrected chi connectivity index (χ3v) is 2.89. The zero-order valence-corrected chi connectivity index (χ0v) is 10.5. The average molecular weight is 284 g/mol. The van der Waals surface area contributed by atoms with E-state index in [2.05, 4.69) is 10.1 Å². The predicted octanol–water partition coefficient (Wildman–Crippen LogP) is -1.77. The van der Waals surface area contributed by atoms with Crippen LogP contribution in [0.3, 0.4) is 0 Å². The summed E-state index contributed by atoms with van der Waals surface area (Å²) in [4.78, 5) is 8.90. The minimum Gasteiger partial charge on any atom is -0.394 e. The Kier molecular flexibility index (Phi) is 4.99. The third kappa shape index (κ3) is 3.30. The first kappa shape index (κ1) is 14.8. The molecule has 8 nitrogen and oxygen atoms in total. The van der Waals surface area contributed by atoms with Crippen molar-refractivity contribution in [2.75, 3.05) is 6.61 Å². The summed E-state index contributed by atoms with van der Waals surface area (Å²) in [5.41, 5.74) is 0.539. The molecule has 0 aromatic carbocycles. The zero-order valence-electron chi connectivity index (χ0n) is 10.5. The second-order valence-electron chi connectivity index (χ2n) is 4.29. The van der Waals surface area contributed by atoms with Crippen LogP contribution in [-0.4, -0.2) is 68.9 Å². The number of ether oxygens (including phenoxy) is 1. The van der Waals surface area contributed by atoms with Gasteiger partial charge in [0.15, 0.2) is 0 Å². The highest BCUT2D eigenvalue weighted by Crippen LogP contribution is 2.21. The van der Waals surface area contributed by atoms with Gasteiger partial charge >= 0.3 is 0 Å². The van der Waals surface area contributed by atoms with Gasteiger partial charge in [-0.25, -0.2) is 0 Å². The molecule has 1 aliphatic rings. The Morgan fingerprint density at radius 3 is 2.70 bits per heavy atom. The number of oxime groups is 1. The molecular formula is C12H16N2O6. The lowest BCUT2D eigenvalue weighted by atomic mass is 9.99. The number of hydrogen-bond donors (Lipinski definition) is 4. The molecule has 0 aliphatic carbocycles. The van der Waals surface area contributed by atoms with Crippen LogP contribution in [0.4, 0.5) is 0 Å². The molecule has 2 heterocycles. The highest BCUT2D eigenvalue weighted by atomic mass is 16.8. The smallest absolute Gasteiger partial charge is 0.256 e. The van der Waals surface area contributed by atoms with E-state index in [1.54, 1.807) is 24.4 Å². The van der Waals surface area contributed by atoms with Crippen LogP contribution >= 0.6 is 0 Å². The van der Waals surface area contributed by atoms with E-state index in [1.807, 2.05) is 0 Å². The van der Waals surface area contributed by atoms with Crippen molar-refractivity contribution in [3.05, 3.63) is 30.1 Å². The van der Waals surface area contributed by atoms with E-state index in [0.29, 0.717) is 5.69 Å². The van der Waals surface area contributed by atoms with E-state index < -0.39 is 37.3 Å². The minimum absolute atomic E-state index is 0.519. The number of aliphatic hydroxyl groups excluding tert-OH is 4. The second-order valence-corrected chi connectivity index (χ2v) is 4.29. The highest BCUT2D eigenvalue weighted by Gasteiger charge is 2.44. The number of hydrogen-bond acceptors (Lipinski definition) is 8. The van der Waals surface area contributed by atoms with Crippen LogP contribution in [0.5, 0.6) is 0 Å². The van der Waals surface area contributed by atoms with Gasteiger partial charge in [-0.2, -0.15) is 0 Å². The van der Waals surface area contributed by atoms with Gasteiger partial charge in [0.1, 0.15) is 24.4 Å². The molecule has 0 amide bonds. The van der Waals surface area contributed by atoms with Gasteiger partial charge in [0.25, 0.3) is 6.29 Å². The van der Waals surface area contributed by atoms with Crippen LogP contribution in [0.25, 0.3) is 0 Å². The summed E-state index contributed by atoms with van der Waals surface area (Å²) in [5, 5.41) is 41.4. The molecule has 0 spiro atoms. The number of rotatable bonds is 4. The Bertz CT molecular complexity index is 441. The maximum absolute atomic E-state index is 9.69. The van der Waals surface area contributed by atoms with Gasteiger partial charge in [-0.05, 0) is 12.1 Å². The number of aliphatic hydroxyl groups is 4. The maximum Gasteiger partial charge on any atom is 0.256 e. The van der Waals surface area contributed by atoms with Crippen molar-refractivity contribution >= 4 is 6.21 Å². The van der Waals surface area contributed by atoms with E-state index in [9.17, 15) is 15.3 Å². The fraction of sp³-hybridized carbons (Fsp3) is 0.500. The van der Waals surface area contributed by atoms with Gasteiger partial charge in [0, 0.05) is 6.20 Å². The fourth-order valence-electron chi connectivity index (χ4n) is 1.75. The summed E-state index contributed by atoms with van der Waals surface area (Å²) >= 11 is 0. The van der Waals surface area contributed by atoms with Crippen LogP contribution in [0, 0.1) is 0 Å². The van der Waals surface area contributed by atoms with Crippen molar-refractivity contribution in [3.63, 3.8) is 0 Å². The molecule has 0 unspecified atom stereocenters. The first-order chi connectivity index (χ1) is 9.63. The quantitative estimate of drug-likeness (QED) is 0.381. The van der Waals surface area contributed by atoms with Crippen molar-refractivity contribution in [1.82, 2.24) is 4.98 Å². The summed E-state index contributed by atoms with van der Waals surface area (Å²) in [6.45, 7) is -0.519. The van der Waals surface area contributed by atoms with Crippen molar-refractivity contribution in [1.29, 1.82) is 0 Å². The Labute approximate surface area is 114 Å². The van der Waals surface area contributed by atoms with Gasteiger partial charge in [0.05, 0.1) is 18.5 Å². The molecule has 1 saturated heterocycles. The molecule has 8 heteroatoms. The van der Waals surface area contributed by atoms with Crippen LogP contribution in [0.1, 0.15) is 5.69 Å². The Balaban J connectivity index is 1.96. The van der Waals surface area contributed by atoms with Gasteiger partial charge < -0.3 is 30.0 Å². The molecule has 1 aromatic heterocycles. The molecule has 20 heavy (non-hydrogen) atoms. The maximum atomic E-state index is 9.69. The predicted molar refractivity (Wildman–Crippen MR) is 66.7 cm³/mol. The zero-order chi connectivity index (χ0) is 14.5. The molecule has 0 bridgehead atoms. The molecule has 0 radical (unpaired) electrons. The third-order valence-electron chi connectivity index (χ3n) is 2.89. The molecule has 4 N–H and O–H groups in total. The molecule has 2 rings (SSSR count). The molecule has 1 fully saturated rings. The van der Waals surface area contributed by atoms with Gasteiger partial charge in [-0.1, -0.05) is 11.2 Å². The first-order valence-corrected chi connectivity index (χ1v) is 6.04. The normalized spacial score (nSPS) is 34.3. The molecular weight excluding hydrogens is 268 g/mol. The van der Waals surface area contributed by atoms with E-state index in [0.717, 1.165) is 0 Å². The summed E-state index contributed by atoms with van der Waals surface area (Å²) in [6, 6.07) is 5.21. The summed E-state index contributed by atoms with van der Waals surface area (Å²) < 4.78 is 5.10. The topological polar surface area (TPSA) is 125 Å². The van der Waals surface area contributed by atoms with Crippen LogP contribution in [0.2, 0.25) is 0 Å². The lowest BCUT2D eigenvalue weighted by Crippen LogP contribution is -2.58. The van der Waals surface area contributed by atoms with E-state index >= 15 is 0 Å². The van der Waals surface area contributed by atoms with Gasteiger partial charge in [0.2, 0.25) is 0 Å². The van der Waals surface area contributed by atoms with Crippen molar-refractivity contribution < 1.29 is 30.0 Å². The van der Waals surface area contributed by atoms with Crippen LogP contribution < -0.4 is 0 Å². The minimum atomic E-state index is -1.49. The SMILES string of the molecule is OC[C@H]1O[C@@H](O/N=C/c2ccccn2)[C@H](O)[C@@H](O)[C@@H]1O. The summed E-state index contributed by atoms with van der Waals surface area (Å²) in [7, 11) is 0. The molecule has 110 valence electrons. The first-order valence-electron chi connectivity index (χ1n) is 6.04. The van der Waals surface area contributed by atoms with Crippen LogP contribution in [-0.2, 0) is 9.57 Å². The van der Waals surface area contributed by atoms with Crippen molar-refractivity contribution in [3.8, 4) is 0 Å². The molecule has 1 aromatic rings.